The maximum Gasteiger partial charge on any atom is 0.151 e. The van der Waals surface area contributed by atoms with Crippen LogP contribution in [0.5, 0.6) is 0 Å². The Bertz CT molecular complexity index is 490. The molecule has 1 aromatic rings. The van der Waals surface area contributed by atoms with Crippen LogP contribution in [-0.4, -0.2) is 26.0 Å². The lowest BCUT2D eigenvalue weighted by atomic mass is 9.96. The van der Waals surface area contributed by atoms with Gasteiger partial charge in [0, 0.05) is 22.7 Å². The fourth-order valence-electron chi connectivity index (χ4n) is 3.06. The molecular formula is C15H25NO2S2. The Morgan fingerprint density at radius 3 is 2.65 bits per heavy atom. The summed E-state index contributed by atoms with van der Waals surface area (Å²) in [5.41, 5.74) is 0. The zero-order chi connectivity index (χ0) is 14.6. The number of hydrogen-bond acceptors (Lipinski definition) is 4. The lowest BCUT2D eigenvalue weighted by Gasteiger charge is -2.27. The van der Waals surface area contributed by atoms with Crippen molar-refractivity contribution in [1.29, 1.82) is 0 Å². The van der Waals surface area contributed by atoms with Gasteiger partial charge in [0.05, 0.1) is 5.75 Å². The maximum atomic E-state index is 11.8. The van der Waals surface area contributed by atoms with E-state index in [1.807, 2.05) is 6.92 Å². The van der Waals surface area contributed by atoms with E-state index in [0.29, 0.717) is 12.0 Å². The van der Waals surface area contributed by atoms with Gasteiger partial charge in [0.25, 0.3) is 0 Å². The molecule has 0 radical (unpaired) electrons. The number of sulfone groups is 1. The van der Waals surface area contributed by atoms with Gasteiger partial charge in [-0.25, -0.2) is 8.42 Å². The lowest BCUT2D eigenvalue weighted by Crippen LogP contribution is -2.38. The summed E-state index contributed by atoms with van der Waals surface area (Å²) in [5, 5.41) is 5.69. The first-order valence-electron chi connectivity index (χ1n) is 7.51. The minimum atomic E-state index is -2.92. The first kappa shape index (κ1) is 16.0. The van der Waals surface area contributed by atoms with Gasteiger partial charge in [-0.2, -0.15) is 0 Å². The van der Waals surface area contributed by atoms with Gasteiger partial charge in [-0.05, 0) is 37.1 Å². The minimum absolute atomic E-state index is 0.00708. The standard InChI is InChI=1S/C15H25NO2S2/c1-3-20(17,18)11-12(2)16-15(13-7-4-5-8-13)14-9-6-10-19-14/h6,9-10,12-13,15-16H,3-5,7-8,11H2,1-2H3. The molecule has 1 saturated carbocycles. The lowest BCUT2D eigenvalue weighted by molar-refractivity contribution is 0.349. The van der Waals surface area contributed by atoms with Crippen LogP contribution in [0.4, 0.5) is 0 Å². The van der Waals surface area contributed by atoms with Crippen molar-refractivity contribution in [1.82, 2.24) is 5.32 Å². The van der Waals surface area contributed by atoms with E-state index in [4.69, 9.17) is 0 Å². The van der Waals surface area contributed by atoms with Gasteiger partial charge in [-0.15, -0.1) is 11.3 Å². The summed E-state index contributed by atoms with van der Waals surface area (Å²) in [5.74, 6) is 1.12. The Kier molecular flexibility index (Phi) is 5.64. The van der Waals surface area contributed by atoms with E-state index in [-0.39, 0.29) is 17.5 Å². The molecule has 0 aromatic carbocycles. The van der Waals surface area contributed by atoms with Crippen LogP contribution in [0.15, 0.2) is 17.5 Å². The predicted molar refractivity (Wildman–Crippen MR) is 85.9 cm³/mol. The summed E-state index contributed by atoms with van der Waals surface area (Å²) in [6.07, 6.45) is 5.11. The molecule has 20 heavy (non-hydrogen) atoms. The molecule has 0 saturated heterocycles. The Morgan fingerprint density at radius 1 is 1.40 bits per heavy atom. The van der Waals surface area contributed by atoms with Gasteiger partial charge in [-0.3, -0.25) is 0 Å². The van der Waals surface area contributed by atoms with E-state index < -0.39 is 9.84 Å². The smallest absolute Gasteiger partial charge is 0.151 e. The quantitative estimate of drug-likeness (QED) is 0.839. The molecule has 0 spiro atoms. The monoisotopic (exact) mass is 315 g/mol. The highest BCUT2D eigenvalue weighted by Crippen LogP contribution is 2.37. The molecule has 1 fully saturated rings. The van der Waals surface area contributed by atoms with Crippen molar-refractivity contribution < 1.29 is 8.42 Å². The van der Waals surface area contributed by atoms with Gasteiger partial charge in [-0.1, -0.05) is 25.8 Å². The van der Waals surface area contributed by atoms with E-state index in [9.17, 15) is 8.42 Å². The van der Waals surface area contributed by atoms with E-state index in [1.165, 1.54) is 30.6 Å². The summed E-state index contributed by atoms with van der Waals surface area (Å²) in [4.78, 5) is 1.35. The van der Waals surface area contributed by atoms with Gasteiger partial charge in [0.1, 0.15) is 0 Å². The summed E-state index contributed by atoms with van der Waals surface area (Å²) < 4.78 is 23.5. The molecule has 2 atom stereocenters. The molecule has 1 heterocycles. The van der Waals surface area contributed by atoms with E-state index in [0.717, 1.165) is 0 Å². The number of rotatable bonds is 7. The van der Waals surface area contributed by atoms with Crippen molar-refractivity contribution in [3.63, 3.8) is 0 Å². The van der Waals surface area contributed by atoms with Crippen LogP contribution < -0.4 is 5.32 Å². The highest BCUT2D eigenvalue weighted by molar-refractivity contribution is 7.91. The average Bonchev–Trinajstić information content (AvgIpc) is 3.08. The molecular weight excluding hydrogens is 290 g/mol. The predicted octanol–water partition coefficient (Wildman–Crippen LogP) is 3.39. The highest BCUT2D eigenvalue weighted by atomic mass is 32.2. The molecule has 114 valence electrons. The molecule has 1 aromatic heterocycles. The van der Waals surface area contributed by atoms with Crippen LogP contribution in [0.3, 0.4) is 0 Å². The van der Waals surface area contributed by atoms with Gasteiger partial charge >= 0.3 is 0 Å². The first-order chi connectivity index (χ1) is 9.52. The van der Waals surface area contributed by atoms with Crippen LogP contribution >= 0.6 is 11.3 Å². The third-order valence-electron chi connectivity index (χ3n) is 4.13. The summed E-state index contributed by atoms with van der Waals surface area (Å²) >= 11 is 1.77. The van der Waals surface area contributed by atoms with Crippen LogP contribution in [0.1, 0.15) is 50.4 Å². The SMILES string of the molecule is CCS(=O)(=O)CC(C)NC(c1cccs1)C1CCCC1. The normalized spacial score (nSPS) is 20.1. The number of thiophene rings is 1. The molecule has 3 nitrogen and oxygen atoms in total. The third kappa shape index (κ3) is 4.30. The second-order valence-corrected chi connectivity index (χ2v) is 9.18. The molecule has 5 heteroatoms. The van der Waals surface area contributed by atoms with Crippen LogP contribution in [0.25, 0.3) is 0 Å². The summed E-state index contributed by atoms with van der Waals surface area (Å²) in [7, 11) is -2.92. The molecule has 1 aliphatic carbocycles. The largest absolute Gasteiger partial charge is 0.305 e. The summed E-state index contributed by atoms with van der Waals surface area (Å²) in [6.45, 7) is 3.71. The van der Waals surface area contributed by atoms with Gasteiger partial charge < -0.3 is 5.32 Å². The van der Waals surface area contributed by atoms with Crippen LogP contribution in [0.2, 0.25) is 0 Å². The Balaban J connectivity index is 2.04. The molecule has 1 aliphatic rings. The van der Waals surface area contributed by atoms with Crippen LogP contribution in [-0.2, 0) is 9.84 Å². The van der Waals surface area contributed by atoms with Crippen molar-refractivity contribution in [2.45, 2.75) is 51.6 Å². The fraction of sp³-hybridized carbons (Fsp3) is 0.733. The van der Waals surface area contributed by atoms with E-state index in [1.54, 1.807) is 18.3 Å². The molecule has 2 unspecified atom stereocenters. The van der Waals surface area contributed by atoms with E-state index >= 15 is 0 Å². The molecule has 0 bridgehead atoms. The summed E-state index contributed by atoms with van der Waals surface area (Å²) in [6, 6.07) is 4.57. The fourth-order valence-corrected chi connectivity index (χ4v) is 5.04. The number of hydrogen-bond donors (Lipinski definition) is 1. The van der Waals surface area contributed by atoms with E-state index in [2.05, 4.69) is 22.8 Å². The molecule has 0 aliphatic heterocycles. The zero-order valence-electron chi connectivity index (χ0n) is 12.3. The molecule has 2 rings (SSSR count). The van der Waals surface area contributed by atoms with Crippen molar-refractivity contribution in [2.24, 2.45) is 5.92 Å². The highest BCUT2D eigenvalue weighted by Gasteiger charge is 2.28. The van der Waals surface area contributed by atoms with Gasteiger partial charge in [0.2, 0.25) is 0 Å². The van der Waals surface area contributed by atoms with Crippen LogP contribution in [0, 0.1) is 5.92 Å². The van der Waals surface area contributed by atoms with Crippen molar-refractivity contribution in [3.05, 3.63) is 22.4 Å². The second kappa shape index (κ2) is 7.05. The third-order valence-corrected chi connectivity index (χ3v) is 6.97. The Morgan fingerprint density at radius 2 is 2.10 bits per heavy atom. The maximum absolute atomic E-state index is 11.8. The van der Waals surface area contributed by atoms with Crippen molar-refractivity contribution in [2.75, 3.05) is 11.5 Å². The first-order valence-corrected chi connectivity index (χ1v) is 10.2. The molecule has 0 amide bonds. The van der Waals surface area contributed by atoms with Crippen molar-refractivity contribution >= 4 is 21.2 Å². The minimum Gasteiger partial charge on any atom is -0.305 e. The topological polar surface area (TPSA) is 46.2 Å². The number of nitrogens with one attached hydrogen (secondary N) is 1. The average molecular weight is 316 g/mol. The Labute approximate surface area is 126 Å². The zero-order valence-corrected chi connectivity index (χ0v) is 14.0. The van der Waals surface area contributed by atoms with Gasteiger partial charge in [0.15, 0.2) is 9.84 Å². The molecule has 1 N–H and O–H groups in total. The van der Waals surface area contributed by atoms with Crippen molar-refractivity contribution in [3.8, 4) is 0 Å². The Hall–Kier alpha value is -0.390. The second-order valence-electron chi connectivity index (χ2n) is 5.80.